The van der Waals surface area contributed by atoms with Crippen LogP contribution in [0.4, 0.5) is 0 Å². The summed E-state index contributed by atoms with van der Waals surface area (Å²) in [6, 6.07) is 11.9. The number of carbonyl (C=O) groups excluding carboxylic acids is 2. The third-order valence-electron chi connectivity index (χ3n) is 17.7. The predicted octanol–water partition coefficient (Wildman–Crippen LogP) is 9.19. The van der Waals surface area contributed by atoms with E-state index in [1.165, 1.54) is 30.5 Å². The highest BCUT2D eigenvalue weighted by molar-refractivity contribution is 5.94. The second-order valence-corrected chi connectivity index (χ2v) is 20.8. The molecule has 0 aliphatic heterocycles. The summed E-state index contributed by atoms with van der Waals surface area (Å²) in [6.45, 7) is 19.5. The third-order valence-corrected chi connectivity index (χ3v) is 17.7. The fourth-order valence-corrected chi connectivity index (χ4v) is 14.4. The molecule has 5 aliphatic rings. The van der Waals surface area contributed by atoms with Crippen molar-refractivity contribution >= 4 is 23.8 Å². The van der Waals surface area contributed by atoms with Crippen LogP contribution in [0, 0.1) is 56.7 Å². The Morgan fingerprint density at radius 2 is 1.53 bits per heavy atom. The summed E-state index contributed by atoms with van der Waals surface area (Å²) in [4.78, 5) is 50.9. The van der Waals surface area contributed by atoms with E-state index in [1.54, 1.807) is 18.2 Å². The number of aliphatic hydroxyl groups excluding tert-OH is 1. The van der Waals surface area contributed by atoms with Crippen molar-refractivity contribution in [2.24, 2.45) is 56.7 Å². The molecule has 5 aliphatic carbocycles. The Kier molecular flexibility index (Phi) is 11.9. The molecule has 5 saturated carbocycles. The lowest BCUT2D eigenvalue weighted by atomic mass is 9.32. The SMILES string of the molecule is C=C(C)[C@@H]1CC[C@]2(C(=O)NCc3cccc(C(=O)NCc4ccc(OCCCC(=O)O)c(C(=O)O)c4)c3)CC[C@]3(C)C(CCC4[C@@]5(C)CC[C@H](O)C(C)(C)C5CC[C@]43C)C12. The first-order chi connectivity index (χ1) is 28.3. The number of carboxylic acids is 2. The molecule has 5 N–H and O–H groups in total. The van der Waals surface area contributed by atoms with E-state index in [-0.39, 0.29) is 82.8 Å². The van der Waals surface area contributed by atoms with Crippen LogP contribution in [0.2, 0.25) is 0 Å². The molecule has 0 radical (unpaired) electrons. The van der Waals surface area contributed by atoms with Crippen LogP contribution in [0.1, 0.15) is 150 Å². The molecule has 0 aromatic heterocycles. The number of benzene rings is 2. The monoisotopic (exact) mass is 824 g/mol. The maximum Gasteiger partial charge on any atom is 0.339 e. The van der Waals surface area contributed by atoms with E-state index in [9.17, 15) is 29.4 Å². The molecule has 10 heteroatoms. The molecule has 0 heterocycles. The molecule has 2 amide bonds. The van der Waals surface area contributed by atoms with Gasteiger partial charge in [0.25, 0.3) is 5.91 Å². The highest BCUT2D eigenvalue weighted by Gasteiger charge is 2.71. The number of fused-ring (bicyclic) bond motifs is 7. The van der Waals surface area contributed by atoms with Crippen LogP contribution in [0.25, 0.3) is 0 Å². The fraction of sp³-hybridized carbons (Fsp3) is 0.640. The molecule has 2 aromatic rings. The number of aliphatic carboxylic acids is 1. The molecule has 0 saturated heterocycles. The van der Waals surface area contributed by atoms with Crippen molar-refractivity contribution in [3.63, 3.8) is 0 Å². The second-order valence-electron chi connectivity index (χ2n) is 20.8. The van der Waals surface area contributed by atoms with Gasteiger partial charge in [-0.3, -0.25) is 14.4 Å². The van der Waals surface area contributed by atoms with Gasteiger partial charge in [-0.05, 0) is 164 Å². The van der Waals surface area contributed by atoms with Gasteiger partial charge in [-0.1, -0.05) is 65.0 Å². The average Bonchev–Trinajstić information content (AvgIpc) is 3.61. The first-order valence-corrected chi connectivity index (χ1v) is 22.5. The van der Waals surface area contributed by atoms with Gasteiger partial charge in [-0.15, -0.1) is 0 Å². The highest BCUT2D eigenvalue weighted by atomic mass is 16.5. The third kappa shape index (κ3) is 7.36. The molecule has 0 bridgehead atoms. The second kappa shape index (κ2) is 16.3. The molecule has 5 fully saturated rings. The summed E-state index contributed by atoms with van der Waals surface area (Å²) in [5.74, 6) is -0.112. The number of aliphatic hydroxyl groups is 1. The average molecular weight is 825 g/mol. The number of carbonyl (C=O) groups is 4. The Balaban J connectivity index is 1.03. The fourth-order valence-electron chi connectivity index (χ4n) is 14.4. The first kappa shape index (κ1) is 43.9. The summed E-state index contributed by atoms with van der Waals surface area (Å²) in [7, 11) is 0. The Morgan fingerprint density at radius 3 is 2.25 bits per heavy atom. The van der Waals surface area contributed by atoms with Gasteiger partial charge >= 0.3 is 11.9 Å². The van der Waals surface area contributed by atoms with E-state index in [2.05, 4.69) is 58.8 Å². The quantitative estimate of drug-likeness (QED) is 0.0987. The van der Waals surface area contributed by atoms with E-state index in [4.69, 9.17) is 9.84 Å². The largest absolute Gasteiger partial charge is 0.493 e. The molecule has 4 unspecified atom stereocenters. The van der Waals surface area contributed by atoms with E-state index in [1.807, 2.05) is 12.1 Å². The Bertz CT molecular complexity index is 2030. The van der Waals surface area contributed by atoms with E-state index < -0.39 is 17.4 Å². The van der Waals surface area contributed by atoms with Gasteiger partial charge in [0.1, 0.15) is 11.3 Å². The van der Waals surface area contributed by atoms with Gasteiger partial charge in [-0.2, -0.15) is 0 Å². The van der Waals surface area contributed by atoms with E-state index in [0.717, 1.165) is 56.9 Å². The Morgan fingerprint density at radius 1 is 0.800 bits per heavy atom. The zero-order valence-electron chi connectivity index (χ0n) is 36.7. The highest BCUT2D eigenvalue weighted by Crippen LogP contribution is 2.77. The number of ether oxygens (including phenoxy) is 1. The van der Waals surface area contributed by atoms with Gasteiger partial charge < -0.3 is 30.7 Å². The molecule has 0 spiro atoms. The van der Waals surface area contributed by atoms with Crippen LogP contribution in [-0.2, 0) is 22.7 Å². The number of amides is 2. The zero-order valence-corrected chi connectivity index (χ0v) is 36.7. The van der Waals surface area contributed by atoms with Crippen LogP contribution in [0.5, 0.6) is 5.75 Å². The lowest BCUT2D eigenvalue weighted by Crippen LogP contribution is -2.67. The van der Waals surface area contributed by atoms with Crippen LogP contribution in [0.15, 0.2) is 54.6 Å². The number of carboxylic acid groups (broad SMARTS) is 2. The minimum Gasteiger partial charge on any atom is -0.493 e. The summed E-state index contributed by atoms with van der Waals surface area (Å²) in [5.41, 5.74) is 2.89. The number of aromatic carboxylic acids is 1. The number of rotatable bonds is 13. The summed E-state index contributed by atoms with van der Waals surface area (Å²) < 4.78 is 5.54. The van der Waals surface area contributed by atoms with Crippen LogP contribution in [0.3, 0.4) is 0 Å². The molecular weight excluding hydrogens is 757 g/mol. The van der Waals surface area contributed by atoms with Gasteiger partial charge in [0, 0.05) is 25.1 Å². The van der Waals surface area contributed by atoms with Crippen LogP contribution >= 0.6 is 0 Å². The standard InChI is InChI=1S/C50H68N2O8/c1-30(2)34-17-22-50(24-23-48(6)36(42(34)50)14-16-39-47(5)20-19-40(53)46(3,4)38(47)18-21-49(39,48)7)45(59)52-29-31-10-8-11-33(26-31)43(56)51-28-32-13-15-37(35(27-32)44(57)58)60-25-9-12-41(54)55/h8,10-11,13,15,26-27,34,36,38-40,42,53H,1,9,12,14,16-25,28-29H2,2-7H3,(H,51,56)(H,52,59)(H,54,55)(H,57,58)/t34-,36?,38?,39?,40-,42?,47-,48+,49+,50-/m0/s1. The van der Waals surface area contributed by atoms with Crippen molar-refractivity contribution in [2.75, 3.05) is 6.61 Å². The molecule has 60 heavy (non-hydrogen) atoms. The maximum absolute atomic E-state index is 14.8. The van der Waals surface area contributed by atoms with E-state index >= 15 is 0 Å². The van der Waals surface area contributed by atoms with Crippen LogP contribution in [-0.4, -0.2) is 51.8 Å². The van der Waals surface area contributed by atoms with Gasteiger partial charge in [0.2, 0.25) is 5.91 Å². The topological polar surface area (TPSA) is 162 Å². The number of nitrogens with one attached hydrogen (secondary N) is 2. The summed E-state index contributed by atoms with van der Waals surface area (Å²) >= 11 is 0. The van der Waals surface area contributed by atoms with E-state index in [0.29, 0.717) is 41.3 Å². The van der Waals surface area contributed by atoms with Crippen LogP contribution < -0.4 is 15.4 Å². The lowest BCUT2D eigenvalue weighted by Gasteiger charge is -2.72. The minimum absolute atomic E-state index is 0.0654. The Hall–Kier alpha value is -4.18. The minimum atomic E-state index is -1.18. The Labute approximate surface area is 356 Å². The molecule has 2 aromatic carbocycles. The molecule has 10 nitrogen and oxygen atoms in total. The zero-order chi connectivity index (χ0) is 43.4. The van der Waals surface area contributed by atoms with Crippen molar-refractivity contribution < 1.29 is 39.2 Å². The van der Waals surface area contributed by atoms with Crippen molar-refractivity contribution in [3.8, 4) is 5.75 Å². The number of allylic oxidation sites excluding steroid dienone is 1. The van der Waals surface area contributed by atoms with Gasteiger partial charge in [-0.25, -0.2) is 4.79 Å². The van der Waals surface area contributed by atoms with Crippen molar-refractivity contribution in [1.29, 1.82) is 0 Å². The predicted molar refractivity (Wildman–Crippen MR) is 230 cm³/mol. The van der Waals surface area contributed by atoms with Gasteiger partial charge in [0.05, 0.1) is 18.1 Å². The van der Waals surface area contributed by atoms with Crippen molar-refractivity contribution in [1.82, 2.24) is 10.6 Å². The molecule has 7 rings (SSSR count). The summed E-state index contributed by atoms with van der Waals surface area (Å²) in [6.07, 6.45) is 10.3. The smallest absolute Gasteiger partial charge is 0.339 e. The van der Waals surface area contributed by atoms with Crippen molar-refractivity contribution in [2.45, 2.75) is 138 Å². The lowest BCUT2D eigenvalue weighted by molar-refractivity contribution is -0.246. The number of hydrogen-bond acceptors (Lipinski definition) is 6. The normalized spacial score (nSPS) is 35.1. The van der Waals surface area contributed by atoms with Crippen molar-refractivity contribution in [3.05, 3.63) is 76.9 Å². The first-order valence-electron chi connectivity index (χ1n) is 22.5. The molecule has 326 valence electrons. The maximum atomic E-state index is 14.8. The number of hydrogen-bond donors (Lipinski definition) is 5. The molecular formula is C50H68N2O8. The molecule has 10 atom stereocenters. The van der Waals surface area contributed by atoms with Gasteiger partial charge in [0.15, 0.2) is 0 Å². The summed E-state index contributed by atoms with van der Waals surface area (Å²) in [5, 5.41) is 36.0.